The second kappa shape index (κ2) is 5.87. The first-order valence-corrected chi connectivity index (χ1v) is 8.71. The van der Waals surface area contributed by atoms with Crippen molar-refractivity contribution in [2.75, 3.05) is 10.5 Å². The largest absolute Gasteiger partial charge is 0.398 e. The summed E-state index contributed by atoms with van der Waals surface area (Å²) in [6.45, 7) is 3.42. The van der Waals surface area contributed by atoms with Gasteiger partial charge in [-0.05, 0) is 49.2 Å². The Morgan fingerprint density at radius 1 is 1.19 bits per heavy atom. The number of anilines is 2. The molecular formula is C14H14BrClN2O2S. The van der Waals surface area contributed by atoms with Crippen molar-refractivity contribution >= 4 is 48.9 Å². The highest BCUT2D eigenvalue weighted by atomic mass is 79.9. The molecule has 7 heteroatoms. The molecule has 0 unspecified atom stereocenters. The molecule has 2 rings (SSSR count). The average Bonchev–Trinajstić information content (AvgIpc) is 2.39. The molecule has 0 atom stereocenters. The molecule has 0 aromatic heterocycles. The third kappa shape index (κ3) is 3.33. The molecule has 2 aromatic carbocycles. The molecule has 2 aromatic rings. The van der Waals surface area contributed by atoms with E-state index in [4.69, 9.17) is 17.3 Å². The zero-order valence-electron chi connectivity index (χ0n) is 11.4. The minimum absolute atomic E-state index is 0.133. The van der Waals surface area contributed by atoms with E-state index in [9.17, 15) is 8.42 Å². The van der Waals surface area contributed by atoms with E-state index in [2.05, 4.69) is 20.7 Å². The van der Waals surface area contributed by atoms with Gasteiger partial charge in [-0.1, -0.05) is 33.6 Å². The van der Waals surface area contributed by atoms with Gasteiger partial charge >= 0.3 is 0 Å². The van der Waals surface area contributed by atoms with E-state index in [-0.39, 0.29) is 4.90 Å². The second-order valence-electron chi connectivity index (χ2n) is 4.64. The molecule has 21 heavy (non-hydrogen) atoms. The maximum absolute atomic E-state index is 12.6. The van der Waals surface area contributed by atoms with Gasteiger partial charge in [0.05, 0.1) is 10.6 Å². The lowest BCUT2D eigenvalue weighted by molar-refractivity contribution is 0.600. The molecule has 0 radical (unpaired) electrons. The van der Waals surface area contributed by atoms with Crippen LogP contribution in [0, 0.1) is 13.8 Å². The highest BCUT2D eigenvalue weighted by Gasteiger charge is 2.20. The van der Waals surface area contributed by atoms with Crippen molar-refractivity contribution in [2.24, 2.45) is 0 Å². The minimum Gasteiger partial charge on any atom is -0.398 e. The molecule has 0 amide bonds. The van der Waals surface area contributed by atoms with E-state index in [0.717, 1.165) is 0 Å². The first-order chi connectivity index (χ1) is 9.72. The molecule has 0 fully saturated rings. The summed E-state index contributed by atoms with van der Waals surface area (Å²) in [6, 6.07) is 8.24. The topological polar surface area (TPSA) is 72.2 Å². The van der Waals surface area contributed by atoms with Gasteiger partial charge in [-0.25, -0.2) is 8.42 Å². The van der Waals surface area contributed by atoms with Gasteiger partial charge in [0, 0.05) is 15.2 Å². The smallest absolute Gasteiger partial charge is 0.262 e. The van der Waals surface area contributed by atoms with Gasteiger partial charge in [0.1, 0.15) is 0 Å². The molecule has 0 bridgehead atoms. The summed E-state index contributed by atoms with van der Waals surface area (Å²) in [5.74, 6) is 0. The van der Waals surface area contributed by atoms with Crippen molar-refractivity contribution < 1.29 is 8.42 Å². The maximum atomic E-state index is 12.6. The summed E-state index contributed by atoms with van der Waals surface area (Å²) in [5.41, 5.74) is 7.85. The maximum Gasteiger partial charge on any atom is 0.262 e. The Morgan fingerprint density at radius 2 is 1.86 bits per heavy atom. The monoisotopic (exact) mass is 388 g/mol. The number of hydrogen-bond donors (Lipinski definition) is 2. The zero-order chi connectivity index (χ0) is 15.8. The first-order valence-electron chi connectivity index (χ1n) is 6.06. The lowest BCUT2D eigenvalue weighted by atomic mass is 10.2. The van der Waals surface area contributed by atoms with Crippen LogP contribution < -0.4 is 10.5 Å². The summed E-state index contributed by atoms with van der Waals surface area (Å²) < 4.78 is 28.3. The van der Waals surface area contributed by atoms with Crippen molar-refractivity contribution in [3.05, 3.63) is 51.0 Å². The fraction of sp³-hybridized carbons (Fsp3) is 0.143. The highest BCUT2D eigenvalue weighted by Crippen LogP contribution is 2.30. The van der Waals surface area contributed by atoms with Crippen molar-refractivity contribution in [3.63, 3.8) is 0 Å². The van der Waals surface area contributed by atoms with Crippen LogP contribution in [-0.2, 0) is 10.0 Å². The van der Waals surface area contributed by atoms with E-state index >= 15 is 0 Å². The van der Waals surface area contributed by atoms with E-state index in [0.29, 0.717) is 32.0 Å². The number of sulfonamides is 1. The molecule has 0 aliphatic carbocycles. The van der Waals surface area contributed by atoms with Crippen LogP contribution in [0.1, 0.15) is 11.1 Å². The standard InChI is InChI=1S/C14H14BrClN2O2S/c1-8-11(16)4-3-5-13(8)18-21(19,20)14-7-10(15)6-12(17)9(14)2/h3-7,18H,17H2,1-2H3. The van der Waals surface area contributed by atoms with Gasteiger partial charge in [-0.3, -0.25) is 4.72 Å². The van der Waals surface area contributed by atoms with Crippen LogP contribution in [0.15, 0.2) is 39.7 Å². The number of nitrogens with one attached hydrogen (secondary N) is 1. The van der Waals surface area contributed by atoms with Crippen LogP contribution in [0.4, 0.5) is 11.4 Å². The normalized spacial score (nSPS) is 11.4. The van der Waals surface area contributed by atoms with E-state index in [1.54, 1.807) is 38.1 Å². The molecule has 0 aliphatic heterocycles. The van der Waals surface area contributed by atoms with Crippen molar-refractivity contribution in [1.82, 2.24) is 0 Å². The van der Waals surface area contributed by atoms with E-state index < -0.39 is 10.0 Å². The number of hydrogen-bond acceptors (Lipinski definition) is 3. The predicted octanol–water partition coefficient (Wildman–Crippen LogP) is 4.10. The lowest BCUT2D eigenvalue weighted by Gasteiger charge is -2.14. The first kappa shape index (κ1) is 16.1. The Balaban J connectivity index is 2.51. The van der Waals surface area contributed by atoms with Crippen molar-refractivity contribution in [1.29, 1.82) is 0 Å². The van der Waals surface area contributed by atoms with Crippen molar-refractivity contribution in [2.45, 2.75) is 18.7 Å². The van der Waals surface area contributed by atoms with Crippen molar-refractivity contribution in [3.8, 4) is 0 Å². The Kier molecular flexibility index (Phi) is 4.51. The second-order valence-corrected chi connectivity index (χ2v) is 7.61. The van der Waals surface area contributed by atoms with Crippen LogP contribution >= 0.6 is 27.5 Å². The van der Waals surface area contributed by atoms with E-state index in [1.165, 1.54) is 6.07 Å². The van der Waals surface area contributed by atoms with Crippen LogP contribution in [0.25, 0.3) is 0 Å². The fourth-order valence-electron chi connectivity index (χ4n) is 1.87. The number of halogens is 2. The van der Waals surface area contributed by atoms with Gasteiger partial charge in [0.15, 0.2) is 0 Å². The molecule has 4 nitrogen and oxygen atoms in total. The molecule has 0 saturated heterocycles. The van der Waals surface area contributed by atoms with Crippen LogP contribution in [0.3, 0.4) is 0 Å². The zero-order valence-corrected chi connectivity index (χ0v) is 14.6. The fourth-order valence-corrected chi connectivity index (χ4v) is 4.10. The Hall–Kier alpha value is -1.24. The Labute approximate surface area is 137 Å². The number of nitrogens with two attached hydrogens (primary N) is 1. The van der Waals surface area contributed by atoms with Crippen LogP contribution in [0.5, 0.6) is 0 Å². The number of nitrogen functional groups attached to an aromatic ring is 1. The Bertz CT molecular complexity index is 807. The summed E-state index contributed by atoms with van der Waals surface area (Å²) in [7, 11) is -3.75. The van der Waals surface area contributed by atoms with Crippen LogP contribution in [0.2, 0.25) is 5.02 Å². The van der Waals surface area contributed by atoms with Gasteiger partial charge in [-0.2, -0.15) is 0 Å². The molecule has 112 valence electrons. The Morgan fingerprint density at radius 3 is 2.52 bits per heavy atom. The third-order valence-corrected chi connectivity index (χ3v) is 5.53. The summed E-state index contributed by atoms with van der Waals surface area (Å²) in [4.78, 5) is 0.133. The summed E-state index contributed by atoms with van der Waals surface area (Å²) in [6.07, 6.45) is 0. The van der Waals surface area contributed by atoms with Gasteiger partial charge < -0.3 is 5.73 Å². The van der Waals surface area contributed by atoms with E-state index in [1.807, 2.05) is 0 Å². The lowest BCUT2D eigenvalue weighted by Crippen LogP contribution is -2.16. The minimum atomic E-state index is -3.75. The molecule has 0 heterocycles. The molecule has 3 N–H and O–H groups in total. The molecule has 0 spiro atoms. The molecule has 0 saturated carbocycles. The summed E-state index contributed by atoms with van der Waals surface area (Å²) >= 11 is 9.27. The van der Waals surface area contributed by atoms with Gasteiger partial charge in [0.2, 0.25) is 0 Å². The van der Waals surface area contributed by atoms with Crippen LogP contribution in [-0.4, -0.2) is 8.42 Å². The molecule has 0 aliphatic rings. The number of benzene rings is 2. The quantitative estimate of drug-likeness (QED) is 0.776. The average molecular weight is 390 g/mol. The number of rotatable bonds is 3. The predicted molar refractivity (Wildman–Crippen MR) is 90.3 cm³/mol. The molecular weight excluding hydrogens is 376 g/mol. The van der Waals surface area contributed by atoms with Gasteiger partial charge in [0.25, 0.3) is 10.0 Å². The highest BCUT2D eigenvalue weighted by molar-refractivity contribution is 9.10. The SMILES string of the molecule is Cc1c(Cl)cccc1NS(=O)(=O)c1cc(Br)cc(N)c1C. The van der Waals surface area contributed by atoms with Gasteiger partial charge in [-0.15, -0.1) is 0 Å². The third-order valence-electron chi connectivity index (χ3n) is 3.17. The summed E-state index contributed by atoms with van der Waals surface area (Å²) in [5, 5.41) is 0.501.